The van der Waals surface area contributed by atoms with Crippen molar-refractivity contribution in [3.63, 3.8) is 0 Å². The quantitative estimate of drug-likeness (QED) is 0.754. The molecule has 0 radical (unpaired) electrons. The Hall–Kier alpha value is -2.23. The van der Waals surface area contributed by atoms with E-state index in [2.05, 4.69) is 0 Å². The van der Waals surface area contributed by atoms with Crippen LogP contribution in [0.25, 0.3) is 0 Å². The molecule has 0 N–H and O–H groups in total. The zero-order chi connectivity index (χ0) is 14.4. The minimum absolute atomic E-state index is 0.265. The lowest BCUT2D eigenvalue weighted by Crippen LogP contribution is -2.09. The van der Waals surface area contributed by atoms with E-state index in [-0.39, 0.29) is 5.82 Å². The summed E-state index contributed by atoms with van der Waals surface area (Å²) in [5.41, 5.74) is 0.604. The van der Waals surface area contributed by atoms with Crippen LogP contribution in [0.5, 0.6) is 17.2 Å². The second-order valence-electron chi connectivity index (χ2n) is 4.28. The van der Waals surface area contributed by atoms with Gasteiger partial charge in [-0.25, -0.2) is 4.39 Å². The Bertz CT molecular complexity index is 552. The van der Waals surface area contributed by atoms with Crippen LogP contribution in [0, 0.1) is 12.7 Å². The molecule has 0 amide bonds. The number of hydrogen-bond acceptors (Lipinski definition) is 3. The standard InChI is InChI=1S/C16H17FO3/c1-12-3-4-15(11-16(12)17)20-10-9-19-14-7-5-13(18-2)6-8-14/h3-8,11H,9-10H2,1-2H3. The highest BCUT2D eigenvalue weighted by Crippen LogP contribution is 2.18. The molecule has 2 rings (SSSR count). The Morgan fingerprint density at radius 2 is 1.40 bits per heavy atom. The molecule has 106 valence electrons. The molecule has 0 aliphatic heterocycles. The van der Waals surface area contributed by atoms with E-state index in [1.807, 2.05) is 24.3 Å². The summed E-state index contributed by atoms with van der Waals surface area (Å²) in [7, 11) is 1.62. The van der Waals surface area contributed by atoms with Gasteiger partial charge in [0.05, 0.1) is 7.11 Å². The van der Waals surface area contributed by atoms with Crippen molar-refractivity contribution in [1.82, 2.24) is 0 Å². The summed E-state index contributed by atoms with van der Waals surface area (Å²) >= 11 is 0. The molecule has 0 unspecified atom stereocenters. The topological polar surface area (TPSA) is 27.7 Å². The summed E-state index contributed by atoms with van der Waals surface area (Å²) in [5.74, 6) is 1.76. The zero-order valence-corrected chi connectivity index (χ0v) is 11.6. The lowest BCUT2D eigenvalue weighted by atomic mass is 10.2. The van der Waals surface area contributed by atoms with Gasteiger partial charge in [0.2, 0.25) is 0 Å². The van der Waals surface area contributed by atoms with Crippen LogP contribution in [0.2, 0.25) is 0 Å². The van der Waals surface area contributed by atoms with Gasteiger partial charge in [-0.3, -0.25) is 0 Å². The van der Waals surface area contributed by atoms with E-state index < -0.39 is 0 Å². The van der Waals surface area contributed by atoms with E-state index in [4.69, 9.17) is 14.2 Å². The van der Waals surface area contributed by atoms with E-state index in [1.54, 1.807) is 26.2 Å². The largest absolute Gasteiger partial charge is 0.497 e. The van der Waals surface area contributed by atoms with Gasteiger partial charge in [0.25, 0.3) is 0 Å². The van der Waals surface area contributed by atoms with Gasteiger partial charge < -0.3 is 14.2 Å². The fourth-order valence-electron chi connectivity index (χ4n) is 1.65. The Kier molecular flexibility index (Phi) is 4.82. The summed E-state index contributed by atoms with van der Waals surface area (Å²) in [6.07, 6.45) is 0. The summed E-state index contributed by atoms with van der Waals surface area (Å²) in [4.78, 5) is 0. The monoisotopic (exact) mass is 276 g/mol. The molecule has 0 bridgehead atoms. The molecule has 0 saturated heterocycles. The molecule has 0 saturated carbocycles. The maximum atomic E-state index is 13.3. The van der Waals surface area contributed by atoms with Crippen molar-refractivity contribution < 1.29 is 18.6 Å². The van der Waals surface area contributed by atoms with Gasteiger partial charge in [0.15, 0.2) is 0 Å². The number of methoxy groups -OCH3 is 1. The summed E-state index contributed by atoms with van der Waals surface area (Å²) in [6.45, 7) is 2.46. The number of halogens is 1. The zero-order valence-electron chi connectivity index (χ0n) is 11.6. The van der Waals surface area contributed by atoms with Crippen LogP contribution in [0.15, 0.2) is 42.5 Å². The molecule has 0 spiro atoms. The summed E-state index contributed by atoms with van der Waals surface area (Å²) in [6, 6.07) is 12.1. The van der Waals surface area contributed by atoms with Crippen molar-refractivity contribution >= 4 is 0 Å². The normalized spacial score (nSPS) is 10.2. The number of aryl methyl sites for hydroxylation is 1. The molecule has 0 heterocycles. The number of ether oxygens (including phenoxy) is 3. The average molecular weight is 276 g/mol. The average Bonchev–Trinajstić information content (AvgIpc) is 2.48. The first-order chi connectivity index (χ1) is 9.69. The molecule has 0 atom stereocenters. The van der Waals surface area contributed by atoms with Gasteiger partial charge in [-0.1, -0.05) is 6.07 Å². The summed E-state index contributed by atoms with van der Waals surface area (Å²) in [5, 5.41) is 0. The number of benzene rings is 2. The molecule has 0 aliphatic rings. The van der Waals surface area contributed by atoms with Crippen LogP contribution in [-0.2, 0) is 0 Å². The van der Waals surface area contributed by atoms with Gasteiger partial charge in [-0.2, -0.15) is 0 Å². The second kappa shape index (κ2) is 6.80. The van der Waals surface area contributed by atoms with Crippen molar-refractivity contribution in [2.75, 3.05) is 20.3 Å². The van der Waals surface area contributed by atoms with Crippen LogP contribution >= 0.6 is 0 Å². The Labute approximate surface area is 117 Å². The molecule has 2 aromatic rings. The molecule has 0 aromatic heterocycles. The van der Waals surface area contributed by atoms with E-state index in [9.17, 15) is 4.39 Å². The van der Waals surface area contributed by atoms with Crippen LogP contribution in [0.3, 0.4) is 0 Å². The van der Waals surface area contributed by atoms with Crippen LogP contribution in [0.4, 0.5) is 4.39 Å². The first-order valence-electron chi connectivity index (χ1n) is 6.35. The lowest BCUT2D eigenvalue weighted by molar-refractivity contribution is 0.216. The Morgan fingerprint density at radius 3 is 2.00 bits per heavy atom. The van der Waals surface area contributed by atoms with Crippen molar-refractivity contribution in [3.8, 4) is 17.2 Å². The van der Waals surface area contributed by atoms with E-state index in [1.165, 1.54) is 6.07 Å². The highest BCUT2D eigenvalue weighted by atomic mass is 19.1. The second-order valence-corrected chi connectivity index (χ2v) is 4.28. The van der Waals surface area contributed by atoms with Gasteiger partial charge >= 0.3 is 0 Å². The fraction of sp³-hybridized carbons (Fsp3) is 0.250. The predicted molar refractivity (Wildman–Crippen MR) is 75.1 cm³/mol. The molecular weight excluding hydrogens is 259 g/mol. The maximum absolute atomic E-state index is 13.3. The van der Waals surface area contributed by atoms with Gasteiger partial charge in [0.1, 0.15) is 36.3 Å². The Balaban J connectivity index is 1.76. The van der Waals surface area contributed by atoms with Crippen LogP contribution in [0.1, 0.15) is 5.56 Å². The number of hydrogen-bond donors (Lipinski definition) is 0. The maximum Gasteiger partial charge on any atom is 0.129 e. The van der Waals surface area contributed by atoms with Crippen molar-refractivity contribution in [1.29, 1.82) is 0 Å². The first kappa shape index (κ1) is 14.2. The molecule has 0 fully saturated rings. The highest BCUT2D eigenvalue weighted by Gasteiger charge is 2.00. The lowest BCUT2D eigenvalue weighted by Gasteiger charge is -2.09. The molecule has 3 nitrogen and oxygen atoms in total. The minimum Gasteiger partial charge on any atom is -0.497 e. The molecule has 2 aromatic carbocycles. The Morgan fingerprint density at radius 1 is 0.850 bits per heavy atom. The fourth-order valence-corrected chi connectivity index (χ4v) is 1.65. The highest BCUT2D eigenvalue weighted by molar-refractivity contribution is 5.31. The minimum atomic E-state index is -0.265. The van der Waals surface area contributed by atoms with Crippen molar-refractivity contribution in [2.24, 2.45) is 0 Å². The smallest absolute Gasteiger partial charge is 0.129 e. The molecule has 0 aliphatic carbocycles. The van der Waals surface area contributed by atoms with E-state index in [0.717, 1.165) is 11.5 Å². The third-order valence-corrected chi connectivity index (χ3v) is 2.82. The van der Waals surface area contributed by atoms with E-state index in [0.29, 0.717) is 24.5 Å². The predicted octanol–water partition coefficient (Wildman–Crippen LogP) is 3.60. The van der Waals surface area contributed by atoms with Gasteiger partial charge in [-0.15, -0.1) is 0 Å². The molecule has 4 heteroatoms. The summed E-state index contributed by atoms with van der Waals surface area (Å²) < 4.78 is 29.3. The van der Waals surface area contributed by atoms with Crippen molar-refractivity contribution in [3.05, 3.63) is 53.8 Å². The van der Waals surface area contributed by atoms with Gasteiger partial charge in [-0.05, 0) is 42.8 Å². The van der Waals surface area contributed by atoms with Crippen LogP contribution < -0.4 is 14.2 Å². The van der Waals surface area contributed by atoms with Gasteiger partial charge in [0, 0.05) is 6.07 Å². The third kappa shape index (κ3) is 3.88. The van der Waals surface area contributed by atoms with Crippen molar-refractivity contribution in [2.45, 2.75) is 6.92 Å². The van der Waals surface area contributed by atoms with Crippen LogP contribution in [-0.4, -0.2) is 20.3 Å². The molecule has 20 heavy (non-hydrogen) atoms. The number of rotatable bonds is 6. The van der Waals surface area contributed by atoms with E-state index >= 15 is 0 Å². The molecular formula is C16H17FO3. The first-order valence-corrected chi connectivity index (χ1v) is 6.35. The SMILES string of the molecule is COc1ccc(OCCOc2ccc(C)c(F)c2)cc1. The third-order valence-electron chi connectivity index (χ3n) is 2.82.